The van der Waals surface area contributed by atoms with Crippen molar-refractivity contribution in [3.8, 4) is 5.88 Å². The van der Waals surface area contributed by atoms with Crippen molar-refractivity contribution in [1.29, 1.82) is 0 Å². The molecule has 0 radical (unpaired) electrons. The maximum absolute atomic E-state index is 12.5. The van der Waals surface area contributed by atoms with Crippen LogP contribution in [-0.4, -0.2) is 23.4 Å². The number of aromatic amines is 1. The molecule has 0 aliphatic carbocycles. The molecule has 9 nitrogen and oxygen atoms in total. The highest BCUT2D eigenvalue weighted by Crippen LogP contribution is 2.37. The zero-order valence-electron chi connectivity index (χ0n) is 15.4. The molecule has 0 aliphatic rings. The predicted molar refractivity (Wildman–Crippen MR) is 104 cm³/mol. The molecule has 0 aliphatic heterocycles. The quantitative estimate of drug-likeness (QED) is 0.362. The van der Waals surface area contributed by atoms with Gasteiger partial charge in [0, 0.05) is 17.0 Å². The highest BCUT2D eigenvalue weighted by molar-refractivity contribution is 7.90. The lowest BCUT2D eigenvalue weighted by atomic mass is 10.0. The monoisotopic (exact) mass is 402 g/mol. The Bertz CT molecular complexity index is 1210. The van der Waals surface area contributed by atoms with Gasteiger partial charge in [0.15, 0.2) is 5.69 Å². The van der Waals surface area contributed by atoms with Crippen molar-refractivity contribution < 1.29 is 18.4 Å². The third-order valence-electron chi connectivity index (χ3n) is 4.37. The van der Waals surface area contributed by atoms with Crippen LogP contribution in [0.15, 0.2) is 50.9 Å². The Morgan fingerprint density at radius 3 is 2.54 bits per heavy atom. The molecule has 28 heavy (non-hydrogen) atoms. The van der Waals surface area contributed by atoms with Crippen molar-refractivity contribution in [3.63, 3.8) is 0 Å². The van der Waals surface area contributed by atoms with Crippen LogP contribution in [-0.2, 0) is 10.0 Å². The van der Waals surface area contributed by atoms with E-state index in [1.54, 1.807) is 12.1 Å². The molecule has 2 N–H and O–H groups in total. The van der Waals surface area contributed by atoms with E-state index in [9.17, 15) is 23.6 Å². The molecule has 0 saturated heterocycles. The standard InChI is InChI=1S/C18H18N4O5S/c1-10(2)12-5-7-15-14(8-12)17(18(23)19-15)20-21-28(26,27)13-6-4-11(3)16(9-13)22(24)25/h4-10,19,23H,1-3H3. The zero-order chi connectivity index (χ0) is 20.6. The Morgan fingerprint density at radius 1 is 1.18 bits per heavy atom. The average Bonchev–Trinajstić information content (AvgIpc) is 2.94. The average molecular weight is 402 g/mol. The van der Waals surface area contributed by atoms with Crippen molar-refractivity contribution in [3.05, 3.63) is 57.6 Å². The molecule has 146 valence electrons. The molecular formula is C18H18N4O5S. The summed E-state index contributed by atoms with van der Waals surface area (Å²) in [5, 5.41) is 25.4. The van der Waals surface area contributed by atoms with E-state index >= 15 is 0 Å². The number of nitrogens with one attached hydrogen (secondary N) is 1. The van der Waals surface area contributed by atoms with Gasteiger partial charge in [-0.3, -0.25) is 10.1 Å². The maximum atomic E-state index is 12.5. The molecule has 1 heterocycles. The second-order valence-electron chi connectivity index (χ2n) is 6.64. The van der Waals surface area contributed by atoms with E-state index in [0.29, 0.717) is 16.5 Å². The summed E-state index contributed by atoms with van der Waals surface area (Å²) in [5.74, 6) is -0.0900. The van der Waals surface area contributed by atoms with Gasteiger partial charge >= 0.3 is 0 Å². The Hall–Kier alpha value is -3.27. The molecule has 1 aromatic heterocycles. The number of sulfonamides is 1. The second-order valence-corrected chi connectivity index (χ2v) is 8.23. The molecule has 0 unspecified atom stereocenters. The van der Waals surface area contributed by atoms with Gasteiger partial charge in [-0.15, -0.1) is 5.11 Å². The van der Waals surface area contributed by atoms with E-state index in [4.69, 9.17) is 0 Å². The van der Waals surface area contributed by atoms with Gasteiger partial charge in [0.05, 0.1) is 15.3 Å². The highest BCUT2D eigenvalue weighted by atomic mass is 32.2. The fourth-order valence-corrected chi connectivity index (χ4v) is 3.51. The molecule has 0 spiro atoms. The largest absolute Gasteiger partial charge is 0.493 e. The first-order valence-electron chi connectivity index (χ1n) is 8.38. The Labute approximate surface area is 160 Å². The maximum Gasteiger partial charge on any atom is 0.300 e. The minimum atomic E-state index is -4.29. The molecule has 2 aromatic carbocycles. The number of benzene rings is 2. The lowest BCUT2D eigenvalue weighted by molar-refractivity contribution is -0.385. The van der Waals surface area contributed by atoms with Crippen LogP contribution in [0.3, 0.4) is 0 Å². The van der Waals surface area contributed by atoms with Gasteiger partial charge in [-0.2, -0.15) is 8.42 Å². The lowest BCUT2D eigenvalue weighted by Gasteiger charge is -2.04. The van der Waals surface area contributed by atoms with Crippen molar-refractivity contribution in [1.82, 2.24) is 4.98 Å². The molecule has 0 saturated carbocycles. The van der Waals surface area contributed by atoms with Gasteiger partial charge in [0.2, 0.25) is 5.88 Å². The fourth-order valence-electron chi connectivity index (χ4n) is 2.73. The second kappa shape index (κ2) is 7.04. The molecule has 0 bridgehead atoms. The molecule has 3 aromatic rings. The zero-order valence-corrected chi connectivity index (χ0v) is 16.2. The SMILES string of the molecule is Cc1ccc(S(=O)(=O)N=Nc2c(O)[nH]c3ccc(C(C)C)cc23)cc1[N+](=O)[O-]. The van der Waals surface area contributed by atoms with E-state index < -0.39 is 14.9 Å². The number of aromatic nitrogens is 1. The number of rotatable bonds is 5. The lowest BCUT2D eigenvalue weighted by Crippen LogP contribution is -1.99. The van der Waals surface area contributed by atoms with Crippen LogP contribution < -0.4 is 0 Å². The van der Waals surface area contributed by atoms with Crippen molar-refractivity contribution in [2.24, 2.45) is 9.63 Å². The minimum Gasteiger partial charge on any atom is -0.493 e. The van der Waals surface area contributed by atoms with E-state index in [1.165, 1.54) is 19.1 Å². The summed E-state index contributed by atoms with van der Waals surface area (Å²) >= 11 is 0. The number of nitro benzene ring substituents is 1. The van der Waals surface area contributed by atoms with E-state index in [0.717, 1.165) is 11.6 Å². The number of aryl methyl sites for hydroxylation is 1. The first-order valence-corrected chi connectivity index (χ1v) is 9.82. The van der Waals surface area contributed by atoms with Crippen LogP contribution in [0.25, 0.3) is 10.9 Å². The first-order chi connectivity index (χ1) is 13.1. The Balaban J connectivity index is 2.06. The number of nitro groups is 1. The van der Waals surface area contributed by atoms with Gasteiger partial charge in [-0.1, -0.05) is 30.5 Å². The molecule has 0 fully saturated rings. The summed E-state index contributed by atoms with van der Waals surface area (Å²) in [6, 6.07) is 8.96. The van der Waals surface area contributed by atoms with Crippen molar-refractivity contribution in [2.75, 3.05) is 0 Å². The topological polar surface area (TPSA) is 138 Å². The van der Waals surface area contributed by atoms with Crippen molar-refractivity contribution >= 4 is 32.3 Å². The van der Waals surface area contributed by atoms with Crippen molar-refractivity contribution in [2.45, 2.75) is 31.6 Å². The summed E-state index contributed by atoms with van der Waals surface area (Å²) in [7, 11) is -4.29. The van der Waals surface area contributed by atoms with Crippen LogP contribution in [0.2, 0.25) is 0 Å². The molecule has 3 rings (SSSR count). The van der Waals surface area contributed by atoms with Crippen LogP contribution in [0, 0.1) is 17.0 Å². The van der Waals surface area contributed by atoms with Crippen LogP contribution in [0.1, 0.15) is 30.9 Å². The van der Waals surface area contributed by atoms with Crippen LogP contribution in [0.4, 0.5) is 11.4 Å². The van der Waals surface area contributed by atoms with Gasteiger partial charge in [-0.25, -0.2) is 0 Å². The fraction of sp³-hybridized carbons (Fsp3) is 0.222. The predicted octanol–water partition coefficient (Wildman–Crippen LogP) is 4.69. The van der Waals surface area contributed by atoms with Gasteiger partial charge in [0.1, 0.15) is 0 Å². The summed E-state index contributed by atoms with van der Waals surface area (Å²) < 4.78 is 28.3. The Kier molecular flexibility index (Phi) is 4.90. The summed E-state index contributed by atoms with van der Waals surface area (Å²) in [6.07, 6.45) is 0. The van der Waals surface area contributed by atoms with Gasteiger partial charge < -0.3 is 10.1 Å². The molecular weight excluding hydrogens is 384 g/mol. The van der Waals surface area contributed by atoms with E-state index in [2.05, 4.69) is 14.6 Å². The number of nitrogens with zero attached hydrogens (tertiary/aromatic N) is 3. The number of aromatic hydroxyl groups is 1. The Morgan fingerprint density at radius 2 is 1.89 bits per heavy atom. The first kappa shape index (κ1) is 19.5. The number of H-pyrrole nitrogens is 1. The molecule has 0 atom stereocenters. The molecule has 10 heteroatoms. The number of hydrogen-bond donors (Lipinski definition) is 2. The molecule has 0 amide bonds. The van der Waals surface area contributed by atoms with E-state index in [1.807, 2.05) is 19.9 Å². The minimum absolute atomic E-state index is 0.0114. The highest BCUT2D eigenvalue weighted by Gasteiger charge is 2.20. The third-order valence-corrected chi connectivity index (χ3v) is 5.51. The normalized spacial score (nSPS) is 12.3. The summed E-state index contributed by atoms with van der Waals surface area (Å²) in [6.45, 7) is 5.51. The summed E-state index contributed by atoms with van der Waals surface area (Å²) in [4.78, 5) is 12.7. The third kappa shape index (κ3) is 3.58. The summed E-state index contributed by atoms with van der Waals surface area (Å²) in [5.41, 5.74) is 1.56. The van der Waals surface area contributed by atoms with E-state index in [-0.39, 0.29) is 28.1 Å². The van der Waals surface area contributed by atoms with Crippen LogP contribution in [0.5, 0.6) is 5.88 Å². The van der Waals surface area contributed by atoms with Gasteiger partial charge in [-0.05, 0) is 36.6 Å². The number of hydrogen-bond acceptors (Lipinski definition) is 6. The van der Waals surface area contributed by atoms with Gasteiger partial charge in [0.25, 0.3) is 15.7 Å². The number of fused-ring (bicyclic) bond motifs is 1. The van der Waals surface area contributed by atoms with Crippen LogP contribution >= 0.6 is 0 Å². The smallest absolute Gasteiger partial charge is 0.300 e.